The number of ether oxygens (including phenoxy) is 1. The second-order valence-electron chi connectivity index (χ2n) is 7.96. The van der Waals surface area contributed by atoms with Crippen LogP contribution in [-0.2, 0) is 17.8 Å². The van der Waals surface area contributed by atoms with Crippen molar-refractivity contribution in [3.05, 3.63) is 65.5 Å². The summed E-state index contributed by atoms with van der Waals surface area (Å²) in [7, 11) is 0. The van der Waals surface area contributed by atoms with Gasteiger partial charge in [-0.25, -0.2) is 0 Å². The van der Waals surface area contributed by atoms with Crippen LogP contribution < -0.4 is 0 Å². The zero-order chi connectivity index (χ0) is 18.5. The van der Waals surface area contributed by atoms with Crippen molar-refractivity contribution in [2.75, 3.05) is 19.7 Å². The molecular weight excluding hydrogens is 336 g/mol. The van der Waals surface area contributed by atoms with Crippen molar-refractivity contribution in [1.29, 1.82) is 0 Å². The number of pyridine rings is 1. The van der Waals surface area contributed by atoms with E-state index in [1.165, 1.54) is 24.0 Å². The molecule has 2 heterocycles. The van der Waals surface area contributed by atoms with Crippen molar-refractivity contribution in [3.8, 4) is 0 Å². The van der Waals surface area contributed by atoms with E-state index in [0.717, 1.165) is 51.5 Å². The van der Waals surface area contributed by atoms with Crippen LogP contribution in [0.2, 0.25) is 0 Å². The Balaban J connectivity index is 1.22. The molecule has 1 saturated carbocycles. The molecule has 0 spiro atoms. The van der Waals surface area contributed by atoms with Gasteiger partial charge < -0.3 is 9.64 Å². The van der Waals surface area contributed by atoms with Crippen molar-refractivity contribution in [3.63, 3.8) is 0 Å². The SMILES string of the molecule is O=C(c1cccnc1)N1CCC(Cc2ccc(COCC3CC3)cc2)CC1. The van der Waals surface area contributed by atoms with Gasteiger partial charge in [0.15, 0.2) is 0 Å². The summed E-state index contributed by atoms with van der Waals surface area (Å²) in [6.07, 6.45) is 9.27. The number of hydrogen-bond donors (Lipinski definition) is 0. The highest BCUT2D eigenvalue weighted by molar-refractivity contribution is 5.93. The molecule has 1 aromatic heterocycles. The fourth-order valence-electron chi connectivity index (χ4n) is 3.74. The van der Waals surface area contributed by atoms with Crippen LogP contribution in [0, 0.1) is 11.8 Å². The molecule has 27 heavy (non-hydrogen) atoms. The number of amides is 1. The number of nitrogens with zero attached hydrogens (tertiary/aromatic N) is 2. The van der Waals surface area contributed by atoms with Gasteiger partial charge in [0.25, 0.3) is 5.91 Å². The van der Waals surface area contributed by atoms with Crippen LogP contribution in [-0.4, -0.2) is 35.5 Å². The zero-order valence-corrected chi connectivity index (χ0v) is 15.8. The molecule has 2 aromatic rings. The summed E-state index contributed by atoms with van der Waals surface area (Å²) >= 11 is 0. The lowest BCUT2D eigenvalue weighted by atomic mass is 9.89. The third-order valence-corrected chi connectivity index (χ3v) is 5.68. The fourth-order valence-corrected chi connectivity index (χ4v) is 3.74. The normalized spacial score (nSPS) is 17.9. The highest BCUT2D eigenvalue weighted by atomic mass is 16.5. The Morgan fingerprint density at radius 2 is 1.74 bits per heavy atom. The average molecular weight is 364 g/mol. The largest absolute Gasteiger partial charge is 0.376 e. The third kappa shape index (κ3) is 5.16. The van der Waals surface area contributed by atoms with Crippen molar-refractivity contribution in [2.24, 2.45) is 11.8 Å². The lowest BCUT2D eigenvalue weighted by molar-refractivity contribution is 0.0690. The maximum atomic E-state index is 12.5. The Bertz CT molecular complexity index is 733. The first-order valence-corrected chi connectivity index (χ1v) is 10.1. The maximum absolute atomic E-state index is 12.5. The van der Waals surface area contributed by atoms with Crippen LogP contribution in [0.1, 0.15) is 47.2 Å². The van der Waals surface area contributed by atoms with E-state index in [4.69, 9.17) is 4.74 Å². The minimum absolute atomic E-state index is 0.108. The van der Waals surface area contributed by atoms with Gasteiger partial charge in [-0.3, -0.25) is 9.78 Å². The highest BCUT2D eigenvalue weighted by Gasteiger charge is 2.24. The lowest BCUT2D eigenvalue weighted by Crippen LogP contribution is -2.38. The molecule has 142 valence electrons. The average Bonchev–Trinajstić information content (AvgIpc) is 3.54. The third-order valence-electron chi connectivity index (χ3n) is 5.68. The van der Waals surface area contributed by atoms with E-state index in [2.05, 4.69) is 29.2 Å². The molecule has 0 atom stereocenters. The smallest absolute Gasteiger partial charge is 0.255 e. The molecule has 0 radical (unpaired) electrons. The molecule has 1 aromatic carbocycles. The molecule has 1 aliphatic carbocycles. The summed E-state index contributed by atoms with van der Waals surface area (Å²) in [5, 5.41) is 0. The molecule has 0 unspecified atom stereocenters. The van der Waals surface area contributed by atoms with Crippen LogP contribution >= 0.6 is 0 Å². The number of benzene rings is 1. The summed E-state index contributed by atoms with van der Waals surface area (Å²) in [5.41, 5.74) is 3.34. The van der Waals surface area contributed by atoms with E-state index in [-0.39, 0.29) is 5.91 Å². The van der Waals surface area contributed by atoms with Crippen LogP contribution in [0.15, 0.2) is 48.8 Å². The quantitative estimate of drug-likeness (QED) is 0.743. The summed E-state index contributed by atoms with van der Waals surface area (Å²) in [5.74, 6) is 1.58. The number of carbonyl (C=O) groups excluding carboxylic acids is 1. The first-order chi connectivity index (χ1) is 13.3. The molecule has 1 aliphatic heterocycles. The van der Waals surface area contributed by atoms with E-state index >= 15 is 0 Å². The molecule has 2 fully saturated rings. The van der Waals surface area contributed by atoms with Crippen molar-refractivity contribution < 1.29 is 9.53 Å². The van der Waals surface area contributed by atoms with Crippen LogP contribution in [0.3, 0.4) is 0 Å². The van der Waals surface area contributed by atoms with Gasteiger partial charge in [-0.2, -0.15) is 0 Å². The minimum atomic E-state index is 0.108. The Hall–Kier alpha value is -2.20. The molecule has 4 nitrogen and oxygen atoms in total. The molecular formula is C23H28N2O2. The summed E-state index contributed by atoms with van der Waals surface area (Å²) in [6, 6.07) is 12.5. The van der Waals surface area contributed by atoms with Gasteiger partial charge in [-0.05, 0) is 67.2 Å². The predicted molar refractivity (Wildman–Crippen MR) is 105 cm³/mol. The summed E-state index contributed by atoms with van der Waals surface area (Å²) < 4.78 is 5.76. The molecule has 1 saturated heterocycles. The van der Waals surface area contributed by atoms with Crippen LogP contribution in [0.25, 0.3) is 0 Å². The first kappa shape index (κ1) is 18.2. The Morgan fingerprint density at radius 1 is 1.00 bits per heavy atom. The topological polar surface area (TPSA) is 42.4 Å². The van der Waals surface area contributed by atoms with Gasteiger partial charge >= 0.3 is 0 Å². The monoisotopic (exact) mass is 364 g/mol. The van der Waals surface area contributed by atoms with Gasteiger partial charge in [0, 0.05) is 32.1 Å². The standard InChI is InChI=1S/C23H28N2O2/c26-23(22-2-1-11-24-15-22)25-12-9-19(10-13-25)14-18-3-5-20(6-4-18)16-27-17-21-7-8-21/h1-6,11,15,19,21H,7-10,12-14,16-17H2. The summed E-state index contributed by atoms with van der Waals surface area (Å²) in [4.78, 5) is 18.5. The zero-order valence-electron chi connectivity index (χ0n) is 15.8. The van der Waals surface area contributed by atoms with Gasteiger partial charge in [-0.1, -0.05) is 24.3 Å². The highest BCUT2D eigenvalue weighted by Crippen LogP contribution is 2.29. The maximum Gasteiger partial charge on any atom is 0.255 e. The fraction of sp³-hybridized carbons (Fsp3) is 0.478. The van der Waals surface area contributed by atoms with Gasteiger partial charge in [0.1, 0.15) is 0 Å². The van der Waals surface area contributed by atoms with Crippen molar-refractivity contribution in [1.82, 2.24) is 9.88 Å². The molecule has 0 bridgehead atoms. The van der Waals surface area contributed by atoms with E-state index in [1.807, 2.05) is 17.0 Å². The number of piperidine rings is 1. The number of aromatic nitrogens is 1. The van der Waals surface area contributed by atoms with Crippen molar-refractivity contribution >= 4 is 5.91 Å². The Morgan fingerprint density at radius 3 is 2.41 bits per heavy atom. The van der Waals surface area contributed by atoms with Crippen LogP contribution in [0.5, 0.6) is 0 Å². The molecule has 0 N–H and O–H groups in total. The van der Waals surface area contributed by atoms with Gasteiger partial charge in [0.05, 0.1) is 12.2 Å². The molecule has 4 rings (SSSR count). The van der Waals surface area contributed by atoms with Crippen LogP contribution in [0.4, 0.5) is 0 Å². The molecule has 4 heteroatoms. The minimum Gasteiger partial charge on any atom is -0.376 e. The van der Waals surface area contributed by atoms with Crippen molar-refractivity contribution in [2.45, 2.75) is 38.7 Å². The number of rotatable bonds is 7. The van der Waals surface area contributed by atoms with E-state index in [9.17, 15) is 4.79 Å². The Kier molecular flexibility index (Phi) is 5.83. The molecule has 1 amide bonds. The lowest BCUT2D eigenvalue weighted by Gasteiger charge is -2.32. The predicted octanol–water partition coefficient (Wildman–Crippen LogP) is 4.10. The second-order valence-corrected chi connectivity index (χ2v) is 7.96. The first-order valence-electron chi connectivity index (χ1n) is 10.1. The van der Waals surface area contributed by atoms with E-state index in [1.54, 1.807) is 12.4 Å². The van der Waals surface area contributed by atoms with Gasteiger partial charge in [-0.15, -0.1) is 0 Å². The van der Waals surface area contributed by atoms with E-state index < -0.39 is 0 Å². The number of hydrogen-bond acceptors (Lipinski definition) is 3. The van der Waals surface area contributed by atoms with Gasteiger partial charge in [0.2, 0.25) is 0 Å². The number of carbonyl (C=O) groups is 1. The Labute approximate surface area is 161 Å². The molecule has 2 aliphatic rings. The number of likely N-dealkylation sites (tertiary alicyclic amines) is 1. The van der Waals surface area contributed by atoms with E-state index in [0.29, 0.717) is 11.5 Å². The second kappa shape index (κ2) is 8.66. The summed E-state index contributed by atoms with van der Waals surface area (Å²) in [6.45, 7) is 3.32.